The van der Waals surface area contributed by atoms with Crippen LogP contribution in [-0.2, 0) is 10.0 Å². The molecule has 4 aromatic rings. The molecule has 2 heterocycles. The van der Waals surface area contributed by atoms with Crippen LogP contribution in [0, 0.1) is 0 Å². The SMILES string of the molecule is O=C(Nc1ccc(-n2c(=O)[nH]c3ccccc3c2=O)cc1)NS(=O)(=O)c1ncc(Cl)s1. The number of H-pyrrole nitrogens is 1. The summed E-state index contributed by atoms with van der Waals surface area (Å²) in [6.07, 6.45) is 1.16. The minimum absolute atomic E-state index is 0.162. The molecule has 0 atom stereocenters. The fourth-order valence-electron chi connectivity index (χ4n) is 2.78. The van der Waals surface area contributed by atoms with Gasteiger partial charge in [0.25, 0.3) is 15.6 Å². The third-order valence-corrected chi connectivity index (χ3v) is 6.94. The van der Waals surface area contributed by atoms with E-state index in [1.807, 2.05) is 4.72 Å². The van der Waals surface area contributed by atoms with Gasteiger partial charge in [-0.15, -0.1) is 0 Å². The first-order chi connectivity index (χ1) is 14.7. The van der Waals surface area contributed by atoms with Crippen molar-refractivity contribution in [2.75, 3.05) is 5.32 Å². The summed E-state index contributed by atoms with van der Waals surface area (Å²) in [6.45, 7) is 0. The number of hydrogen-bond donors (Lipinski definition) is 3. The smallest absolute Gasteiger partial charge is 0.307 e. The molecule has 2 amide bonds. The summed E-state index contributed by atoms with van der Waals surface area (Å²) in [4.78, 5) is 43.4. The summed E-state index contributed by atoms with van der Waals surface area (Å²) in [5.74, 6) is 0. The Morgan fingerprint density at radius 2 is 1.81 bits per heavy atom. The first-order valence-corrected chi connectivity index (χ1v) is 11.2. The lowest BCUT2D eigenvalue weighted by atomic mass is 10.2. The summed E-state index contributed by atoms with van der Waals surface area (Å²) >= 11 is 6.37. The highest BCUT2D eigenvalue weighted by molar-refractivity contribution is 7.92. The van der Waals surface area contributed by atoms with E-state index in [4.69, 9.17) is 11.6 Å². The number of carbonyl (C=O) groups is 1. The van der Waals surface area contributed by atoms with Crippen molar-refractivity contribution in [2.45, 2.75) is 4.34 Å². The molecule has 2 aromatic carbocycles. The monoisotopic (exact) mass is 477 g/mol. The quantitative estimate of drug-likeness (QED) is 0.411. The van der Waals surface area contributed by atoms with Gasteiger partial charge < -0.3 is 10.3 Å². The molecular formula is C18H12ClN5O5S2. The molecule has 0 unspecified atom stereocenters. The Morgan fingerprint density at radius 1 is 1.10 bits per heavy atom. The molecule has 2 aromatic heterocycles. The van der Waals surface area contributed by atoms with Crippen molar-refractivity contribution in [3.63, 3.8) is 0 Å². The van der Waals surface area contributed by atoms with E-state index in [2.05, 4.69) is 15.3 Å². The summed E-state index contributed by atoms with van der Waals surface area (Å²) in [5, 5.41) is 2.70. The van der Waals surface area contributed by atoms with Crippen LogP contribution in [0.5, 0.6) is 0 Å². The zero-order valence-corrected chi connectivity index (χ0v) is 17.7. The van der Waals surface area contributed by atoms with E-state index >= 15 is 0 Å². The number of rotatable bonds is 4. The molecule has 3 N–H and O–H groups in total. The van der Waals surface area contributed by atoms with E-state index in [1.165, 1.54) is 24.3 Å². The standard InChI is InChI=1S/C18H12ClN5O5S2/c19-14-9-20-18(30-14)31(28,29)23-16(26)21-10-5-7-11(8-6-10)24-15(25)12-3-1-2-4-13(12)22-17(24)27/h1-9H,(H,22,27)(H2,21,23,26). The number of nitrogens with one attached hydrogen (secondary N) is 3. The number of fused-ring (bicyclic) bond motifs is 1. The number of aromatic amines is 1. The number of thiazole rings is 1. The van der Waals surface area contributed by atoms with Gasteiger partial charge in [0.1, 0.15) is 4.34 Å². The Kier molecular flexibility index (Phi) is 5.35. The zero-order valence-electron chi connectivity index (χ0n) is 15.3. The van der Waals surface area contributed by atoms with E-state index in [-0.39, 0.29) is 20.1 Å². The molecular weight excluding hydrogens is 466 g/mol. The van der Waals surface area contributed by atoms with Crippen molar-refractivity contribution in [1.29, 1.82) is 0 Å². The van der Waals surface area contributed by atoms with Gasteiger partial charge in [-0.1, -0.05) is 35.1 Å². The van der Waals surface area contributed by atoms with E-state index in [0.717, 1.165) is 10.8 Å². The van der Waals surface area contributed by atoms with Crippen LogP contribution in [0.3, 0.4) is 0 Å². The molecule has 0 saturated carbocycles. The molecule has 0 aliphatic carbocycles. The number of sulfonamides is 1. The van der Waals surface area contributed by atoms with Gasteiger partial charge in [-0.3, -0.25) is 4.79 Å². The Bertz CT molecular complexity index is 1520. The van der Waals surface area contributed by atoms with Crippen LogP contribution in [0.1, 0.15) is 0 Å². The highest BCUT2D eigenvalue weighted by Gasteiger charge is 2.21. The Labute approximate surface area is 183 Å². The molecule has 4 rings (SSSR count). The number of aromatic nitrogens is 3. The third kappa shape index (κ3) is 4.21. The zero-order chi connectivity index (χ0) is 22.2. The van der Waals surface area contributed by atoms with Crippen molar-refractivity contribution >= 4 is 55.6 Å². The molecule has 13 heteroatoms. The van der Waals surface area contributed by atoms with E-state index in [1.54, 1.807) is 24.3 Å². The van der Waals surface area contributed by atoms with Crippen LogP contribution in [0.4, 0.5) is 10.5 Å². The van der Waals surface area contributed by atoms with Crippen molar-refractivity contribution in [3.05, 3.63) is 79.9 Å². The second-order valence-corrected chi connectivity index (χ2v) is 9.67. The van der Waals surface area contributed by atoms with Gasteiger partial charge in [0.15, 0.2) is 0 Å². The lowest BCUT2D eigenvalue weighted by Crippen LogP contribution is -2.34. The molecule has 0 bridgehead atoms. The average molecular weight is 478 g/mol. The number of carbonyl (C=O) groups excluding carboxylic acids is 1. The number of amides is 2. The van der Waals surface area contributed by atoms with Crippen LogP contribution in [0.25, 0.3) is 16.6 Å². The van der Waals surface area contributed by atoms with Crippen molar-refractivity contribution in [3.8, 4) is 5.69 Å². The van der Waals surface area contributed by atoms with Crippen LogP contribution >= 0.6 is 22.9 Å². The predicted molar refractivity (Wildman–Crippen MR) is 117 cm³/mol. The molecule has 31 heavy (non-hydrogen) atoms. The largest absolute Gasteiger partial charge is 0.333 e. The normalized spacial score (nSPS) is 11.4. The average Bonchev–Trinajstić information content (AvgIpc) is 3.16. The highest BCUT2D eigenvalue weighted by Crippen LogP contribution is 2.22. The second kappa shape index (κ2) is 7.98. The molecule has 0 fully saturated rings. The lowest BCUT2D eigenvalue weighted by molar-refractivity contribution is 0.256. The maximum Gasteiger partial charge on any atom is 0.333 e. The lowest BCUT2D eigenvalue weighted by Gasteiger charge is -2.09. The number of urea groups is 1. The summed E-state index contributed by atoms with van der Waals surface area (Å²) in [5.41, 5.74) is -0.181. The maximum absolute atomic E-state index is 12.7. The Hall–Kier alpha value is -3.48. The molecule has 0 saturated heterocycles. The van der Waals surface area contributed by atoms with Gasteiger partial charge in [-0.05, 0) is 36.4 Å². The molecule has 158 valence electrons. The number of halogens is 1. The Morgan fingerprint density at radius 3 is 2.48 bits per heavy atom. The van der Waals surface area contributed by atoms with Crippen molar-refractivity contribution in [1.82, 2.24) is 19.3 Å². The van der Waals surface area contributed by atoms with Crippen molar-refractivity contribution < 1.29 is 13.2 Å². The van der Waals surface area contributed by atoms with Gasteiger partial charge >= 0.3 is 11.7 Å². The first kappa shape index (κ1) is 20.8. The third-order valence-electron chi connectivity index (χ3n) is 4.10. The molecule has 0 aliphatic rings. The van der Waals surface area contributed by atoms with Crippen LogP contribution < -0.4 is 21.3 Å². The predicted octanol–water partition coefficient (Wildman–Crippen LogP) is 2.30. The van der Waals surface area contributed by atoms with E-state index in [9.17, 15) is 22.8 Å². The van der Waals surface area contributed by atoms with Gasteiger partial charge in [0.05, 0.1) is 22.8 Å². The number of anilines is 1. The van der Waals surface area contributed by atoms with Gasteiger partial charge in [0.2, 0.25) is 4.34 Å². The molecule has 0 radical (unpaired) electrons. The number of nitrogens with zero attached hydrogens (tertiary/aromatic N) is 2. The Balaban J connectivity index is 1.55. The minimum atomic E-state index is -4.17. The molecule has 10 nitrogen and oxygen atoms in total. The number of para-hydroxylation sites is 1. The van der Waals surface area contributed by atoms with Crippen LogP contribution in [0.2, 0.25) is 4.34 Å². The fraction of sp³-hybridized carbons (Fsp3) is 0. The highest BCUT2D eigenvalue weighted by atomic mass is 35.5. The van der Waals surface area contributed by atoms with E-state index in [0.29, 0.717) is 22.2 Å². The van der Waals surface area contributed by atoms with Gasteiger partial charge in [-0.2, -0.15) is 8.42 Å². The topological polar surface area (TPSA) is 143 Å². The van der Waals surface area contributed by atoms with Gasteiger partial charge in [-0.25, -0.2) is 23.9 Å². The fourth-order valence-corrected chi connectivity index (χ4v) is 4.97. The van der Waals surface area contributed by atoms with Gasteiger partial charge in [0, 0.05) is 5.69 Å². The van der Waals surface area contributed by atoms with E-state index < -0.39 is 27.3 Å². The molecule has 0 aliphatic heterocycles. The minimum Gasteiger partial charge on any atom is -0.307 e. The summed E-state index contributed by atoms with van der Waals surface area (Å²) < 4.78 is 26.8. The van der Waals surface area contributed by atoms with Crippen LogP contribution in [0.15, 0.2) is 68.7 Å². The first-order valence-electron chi connectivity index (χ1n) is 8.54. The number of benzene rings is 2. The van der Waals surface area contributed by atoms with Crippen LogP contribution in [-0.4, -0.2) is 29.0 Å². The summed E-state index contributed by atoms with van der Waals surface area (Å²) in [7, 11) is -4.17. The second-order valence-electron chi connectivity index (χ2n) is 6.15. The number of hydrogen-bond acceptors (Lipinski definition) is 7. The summed E-state index contributed by atoms with van der Waals surface area (Å²) in [6, 6.07) is 11.3. The van der Waals surface area contributed by atoms with Crippen molar-refractivity contribution in [2.24, 2.45) is 0 Å². The maximum atomic E-state index is 12.7. The molecule has 0 spiro atoms.